The minimum Gasteiger partial charge on any atom is -0.483 e. The lowest BCUT2D eigenvalue weighted by molar-refractivity contribution is -0.118. The predicted molar refractivity (Wildman–Crippen MR) is 105 cm³/mol. The fourth-order valence-electron chi connectivity index (χ4n) is 2.88. The molecule has 0 saturated heterocycles. The molecule has 3 rings (SSSR count). The number of primary amides is 1. The van der Waals surface area contributed by atoms with Gasteiger partial charge in [-0.25, -0.2) is 0 Å². The Hall–Kier alpha value is -2.67. The van der Waals surface area contributed by atoms with E-state index in [0.717, 1.165) is 16.9 Å². The van der Waals surface area contributed by atoms with Crippen LogP contribution in [-0.4, -0.2) is 29.8 Å². The van der Waals surface area contributed by atoms with Crippen molar-refractivity contribution in [2.75, 3.05) is 17.7 Å². The molecule has 27 heavy (non-hydrogen) atoms. The molecule has 7 heteroatoms. The summed E-state index contributed by atoms with van der Waals surface area (Å²) in [4.78, 5) is 24.1. The van der Waals surface area contributed by atoms with Gasteiger partial charge in [-0.15, -0.1) is 11.8 Å². The molecule has 0 aromatic heterocycles. The summed E-state index contributed by atoms with van der Waals surface area (Å²) in [7, 11) is 0. The van der Waals surface area contributed by atoms with Gasteiger partial charge in [-0.1, -0.05) is 24.3 Å². The summed E-state index contributed by atoms with van der Waals surface area (Å²) in [6.07, 6.45) is 0.802. The van der Waals surface area contributed by atoms with Crippen LogP contribution in [0.1, 0.15) is 19.4 Å². The summed E-state index contributed by atoms with van der Waals surface area (Å²) in [6, 6.07) is 12.9. The SMILES string of the molecule is CC1(C)Cc2cccc(OCC(=O)Nc3ccccc3SCC(N)=O)c2O1. The maximum Gasteiger partial charge on any atom is 0.262 e. The van der Waals surface area contributed by atoms with E-state index in [9.17, 15) is 9.59 Å². The van der Waals surface area contributed by atoms with Crippen LogP contribution in [0.2, 0.25) is 0 Å². The molecule has 0 saturated carbocycles. The lowest BCUT2D eigenvalue weighted by atomic mass is 10.0. The minimum absolute atomic E-state index is 0.144. The van der Waals surface area contributed by atoms with Crippen LogP contribution < -0.4 is 20.5 Å². The van der Waals surface area contributed by atoms with Crippen molar-refractivity contribution in [1.82, 2.24) is 0 Å². The Labute approximate surface area is 162 Å². The minimum atomic E-state index is -0.412. The van der Waals surface area contributed by atoms with Gasteiger partial charge in [0, 0.05) is 16.9 Å². The molecular weight excluding hydrogens is 364 g/mol. The van der Waals surface area contributed by atoms with E-state index < -0.39 is 5.91 Å². The monoisotopic (exact) mass is 386 g/mol. The molecule has 2 amide bonds. The van der Waals surface area contributed by atoms with Gasteiger partial charge >= 0.3 is 0 Å². The first-order chi connectivity index (χ1) is 12.8. The van der Waals surface area contributed by atoms with E-state index in [1.807, 2.05) is 44.2 Å². The summed E-state index contributed by atoms with van der Waals surface area (Å²) < 4.78 is 11.6. The topological polar surface area (TPSA) is 90.6 Å². The number of benzene rings is 2. The third-order valence-corrected chi connectivity index (χ3v) is 5.04. The maximum absolute atomic E-state index is 12.3. The molecule has 2 aromatic rings. The molecule has 1 aliphatic rings. The molecule has 0 spiro atoms. The van der Waals surface area contributed by atoms with Gasteiger partial charge < -0.3 is 20.5 Å². The number of thioether (sulfide) groups is 1. The maximum atomic E-state index is 12.3. The van der Waals surface area contributed by atoms with Crippen molar-refractivity contribution in [3.63, 3.8) is 0 Å². The van der Waals surface area contributed by atoms with Crippen molar-refractivity contribution in [2.45, 2.75) is 30.8 Å². The third kappa shape index (κ3) is 4.95. The molecule has 142 valence electrons. The summed E-state index contributed by atoms with van der Waals surface area (Å²) in [5.74, 6) is 0.701. The van der Waals surface area contributed by atoms with Gasteiger partial charge in [0.25, 0.3) is 5.91 Å². The zero-order chi connectivity index (χ0) is 19.4. The highest BCUT2D eigenvalue weighted by molar-refractivity contribution is 8.00. The number of carbonyl (C=O) groups is 2. The van der Waals surface area contributed by atoms with Gasteiger partial charge in [-0.05, 0) is 32.0 Å². The highest BCUT2D eigenvalue weighted by Crippen LogP contribution is 2.41. The number of anilines is 1. The van der Waals surface area contributed by atoms with E-state index in [4.69, 9.17) is 15.2 Å². The molecule has 0 fully saturated rings. The van der Waals surface area contributed by atoms with Crippen LogP contribution in [0.4, 0.5) is 5.69 Å². The number of nitrogens with one attached hydrogen (secondary N) is 1. The lowest BCUT2D eigenvalue weighted by Crippen LogP contribution is -2.25. The Morgan fingerprint density at radius 1 is 1.22 bits per heavy atom. The van der Waals surface area contributed by atoms with Crippen LogP contribution in [0.5, 0.6) is 11.5 Å². The molecule has 3 N–H and O–H groups in total. The molecule has 6 nitrogen and oxygen atoms in total. The second-order valence-corrected chi connectivity index (χ2v) is 7.89. The average molecular weight is 386 g/mol. The van der Waals surface area contributed by atoms with Crippen LogP contribution in [-0.2, 0) is 16.0 Å². The average Bonchev–Trinajstić information content (AvgIpc) is 2.93. The second kappa shape index (κ2) is 7.92. The van der Waals surface area contributed by atoms with Crippen LogP contribution in [0.3, 0.4) is 0 Å². The van der Waals surface area contributed by atoms with Gasteiger partial charge in [0.1, 0.15) is 5.60 Å². The highest BCUT2D eigenvalue weighted by Gasteiger charge is 2.32. The van der Waals surface area contributed by atoms with Gasteiger partial charge in [0.05, 0.1) is 11.4 Å². The van der Waals surface area contributed by atoms with Gasteiger partial charge in [0.15, 0.2) is 18.1 Å². The van der Waals surface area contributed by atoms with E-state index in [-0.39, 0.29) is 23.9 Å². The molecule has 0 bridgehead atoms. The van der Waals surface area contributed by atoms with Crippen LogP contribution in [0, 0.1) is 0 Å². The van der Waals surface area contributed by atoms with E-state index in [1.54, 1.807) is 12.1 Å². The van der Waals surface area contributed by atoms with Crippen molar-refractivity contribution in [3.05, 3.63) is 48.0 Å². The fourth-order valence-corrected chi connectivity index (χ4v) is 3.62. The van der Waals surface area contributed by atoms with Crippen LogP contribution in [0.15, 0.2) is 47.4 Å². The Morgan fingerprint density at radius 3 is 2.78 bits per heavy atom. The van der Waals surface area contributed by atoms with Crippen molar-refractivity contribution in [3.8, 4) is 11.5 Å². The molecular formula is C20H22N2O4S. The summed E-state index contributed by atoms with van der Waals surface area (Å²) >= 11 is 1.28. The van der Waals surface area contributed by atoms with E-state index in [2.05, 4.69) is 5.32 Å². The number of para-hydroxylation sites is 2. The quantitative estimate of drug-likeness (QED) is 0.714. The molecule has 1 aliphatic heterocycles. The number of nitrogens with two attached hydrogens (primary N) is 1. The number of carbonyl (C=O) groups excluding carboxylic acids is 2. The normalized spacial score (nSPS) is 14.1. The molecule has 0 unspecified atom stereocenters. The van der Waals surface area contributed by atoms with Crippen LogP contribution in [0.25, 0.3) is 0 Å². The number of hydrogen-bond donors (Lipinski definition) is 2. The van der Waals surface area contributed by atoms with Gasteiger partial charge in [-0.3, -0.25) is 9.59 Å². The van der Waals surface area contributed by atoms with E-state index >= 15 is 0 Å². The first-order valence-electron chi connectivity index (χ1n) is 8.58. The zero-order valence-electron chi connectivity index (χ0n) is 15.3. The first-order valence-corrected chi connectivity index (χ1v) is 9.56. The number of amides is 2. The second-order valence-electron chi connectivity index (χ2n) is 6.87. The first kappa shape index (κ1) is 19.1. The summed E-state index contributed by atoms with van der Waals surface area (Å²) in [5, 5.41) is 2.81. The van der Waals surface area contributed by atoms with Gasteiger partial charge in [0.2, 0.25) is 5.91 Å². The molecule has 0 aliphatic carbocycles. The highest BCUT2D eigenvalue weighted by atomic mass is 32.2. The lowest BCUT2D eigenvalue weighted by Gasteiger charge is -2.18. The number of ether oxygens (including phenoxy) is 2. The molecule has 0 radical (unpaired) electrons. The number of rotatable bonds is 7. The zero-order valence-corrected chi connectivity index (χ0v) is 16.1. The van der Waals surface area contributed by atoms with Crippen molar-refractivity contribution in [2.24, 2.45) is 5.73 Å². The van der Waals surface area contributed by atoms with Crippen molar-refractivity contribution in [1.29, 1.82) is 0 Å². The predicted octanol–water partition coefficient (Wildman–Crippen LogP) is 3.00. The Balaban J connectivity index is 1.62. The number of fused-ring (bicyclic) bond motifs is 1. The van der Waals surface area contributed by atoms with Crippen molar-refractivity contribution < 1.29 is 19.1 Å². The summed E-state index contributed by atoms with van der Waals surface area (Å²) in [6.45, 7) is 3.89. The van der Waals surface area contributed by atoms with E-state index in [0.29, 0.717) is 17.2 Å². The van der Waals surface area contributed by atoms with Crippen LogP contribution >= 0.6 is 11.8 Å². The Kier molecular flexibility index (Phi) is 5.60. The standard InChI is InChI=1S/C20H22N2O4S/c1-20(2)10-13-6-5-8-15(19(13)26-20)25-11-18(24)22-14-7-3-4-9-16(14)27-12-17(21)23/h3-9H,10-12H2,1-2H3,(H2,21,23)(H,22,24). The summed E-state index contributed by atoms with van der Waals surface area (Å²) in [5.41, 5.74) is 6.60. The van der Waals surface area contributed by atoms with Gasteiger partial charge in [-0.2, -0.15) is 0 Å². The smallest absolute Gasteiger partial charge is 0.262 e. The van der Waals surface area contributed by atoms with E-state index in [1.165, 1.54) is 11.8 Å². The molecule has 2 aromatic carbocycles. The fraction of sp³-hybridized carbons (Fsp3) is 0.300. The van der Waals surface area contributed by atoms with Crippen molar-refractivity contribution >= 4 is 29.3 Å². The molecule has 1 heterocycles. The Bertz CT molecular complexity index is 867. The Morgan fingerprint density at radius 2 is 2.00 bits per heavy atom. The molecule has 0 atom stereocenters. The number of hydrogen-bond acceptors (Lipinski definition) is 5. The third-order valence-electron chi connectivity index (χ3n) is 3.94. The largest absolute Gasteiger partial charge is 0.483 e.